The minimum atomic E-state index is -0.248. The number of carbonyl (C=O) groups is 1. The summed E-state index contributed by atoms with van der Waals surface area (Å²) in [5, 5.41) is 9.86. The van der Waals surface area contributed by atoms with Gasteiger partial charge < -0.3 is 9.47 Å². The highest BCUT2D eigenvalue weighted by molar-refractivity contribution is 5.74. The van der Waals surface area contributed by atoms with E-state index in [1.165, 1.54) is 22.3 Å². The lowest BCUT2D eigenvalue weighted by molar-refractivity contribution is -0.143. The highest BCUT2D eigenvalue weighted by Crippen LogP contribution is 2.34. The Balaban J connectivity index is 1.21. The fraction of sp³-hybridized carbons (Fsp3) is 0.326. The molecule has 8 nitrogen and oxygen atoms in total. The molecule has 0 saturated carbocycles. The third-order valence-electron chi connectivity index (χ3n) is 9.42. The first-order chi connectivity index (χ1) is 24.9. The van der Waals surface area contributed by atoms with Crippen molar-refractivity contribution in [2.45, 2.75) is 71.9 Å². The summed E-state index contributed by atoms with van der Waals surface area (Å²) in [6.45, 7) is 6.81. The van der Waals surface area contributed by atoms with Crippen LogP contribution in [-0.4, -0.2) is 46.1 Å². The molecule has 0 spiro atoms. The van der Waals surface area contributed by atoms with E-state index >= 15 is 0 Å². The third kappa shape index (κ3) is 9.05. The lowest BCUT2D eigenvalue weighted by Gasteiger charge is -2.23. The number of carbonyl (C=O) groups excluding carboxylic acids is 1. The standard InChI is InChI=1S/C43H45N5O3/c1-4-51-41(49)19-18-32-23-39(40(25-44)45-26-32)42-30(2)21-35(27-46-42)43-38-17-9-14-34(38)24-36(47-43)15-10-20-48(28-31-11-6-5-7-12-31)29-33-13-8-16-37(22-33)50-3/h5-8,11-13,16,21-24,26-27H,4,9-10,14-15,17-20,28-29H2,1-3H3. The second-order valence-electron chi connectivity index (χ2n) is 13.2. The maximum atomic E-state index is 11.9. The van der Waals surface area contributed by atoms with Crippen LogP contribution in [0.15, 0.2) is 85.2 Å². The number of nitrogens with zero attached hydrogens (tertiary/aromatic N) is 5. The summed E-state index contributed by atoms with van der Waals surface area (Å²) >= 11 is 0. The van der Waals surface area contributed by atoms with Crippen LogP contribution in [0.2, 0.25) is 0 Å². The van der Waals surface area contributed by atoms with E-state index in [-0.39, 0.29) is 12.4 Å². The van der Waals surface area contributed by atoms with Gasteiger partial charge in [0.2, 0.25) is 0 Å². The molecule has 0 fully saturated rings. The van der Waals surface area contributed by atoms with E-state index in [1.54, 1.807) is 20.2 Å². The molecule has 1 aliphatic carbocycles. The number of fused-ring (bicyclic) bond motifs is 1. The molecule has 0 aliphatic heterocycles. The average Bonchev–Trinajstić information content (AvgIpc) is 3.63. The third-order valence-corrected chi connectivity index (χ3v) is 9.42. The van der Waals surface area contributed by atoms with Gasteiger partial charge in [0, 0.05) is 48.7 Å². The Morgan fingerprint density at radius 2 is 1.73 bits per heavy atom. The number of hydrogen-bond acceptors (Lipinski definition) is 8. The molecule has 0 atom stereocenters. The van der Waals surface area contributed by atoms with Gasteiger partial charge >= 0.3 is 5.97 Å². The van der Waals surface area contributed by atoms with Crippen LogP contribution in [0.5, 0.6) is 5.75 Å². The molecule has 2 aromatic carbocycles. The molecule has 0 radical (unpaired) electrons. The molecule has 0 bridgehead atoms. The van der Waals surface area contributed by atoms with Gasteiger partial charge in [0.25, 0.3) is 0 Å². The quantitative estimate of drug-likeness (QED) is 0.103. The predicted octanol–water partition coefficient (Wildman–Crippen LogP) is 8.01. The molecule has 3 aromatic heterocycles. The summed E-state index contributed by atoms with van der Waals surface area (Å²) in [5.41, 5.74) is 11.9. The van der Waals surface area contributed by atoms with E-state index in [2.05, 4.69) is 76.6 Å². The molecule has 51 heavy (non-hydrogen) atoms. The fourth-order valence-electron chi connectivity index (χ4n) is 6.96. The van der Waals surface area contributed by atoms with Crippen molar-refractivity contribution in [3.05, 3.63) is 130 Å². The fourth-order valence-corrected chi connectivity index (χ4v) is 6.96. The van der Waals surface area contributed by atoms with Crippen LogP contribution in [-0.2, 0) is 48.3 Å². The van der Waals surface area contributed by atoms with E-state index in [1.807, 2.05) is 25.3 Å². The van der Waals surface area contributed by atoms with Crippen molar-refractivity contribution in [2.75, 3.05) is 20.3 Å². The molecule has 1 aliphatic rings. The molecule has 0 amide bonds. The van der Waals surface area contributed by atoms with Crippen molar-refractivity contribution in [3.63, 3.8) is 0 Å². The zero-order chi connectivity index (χ0) is 35.6. The summed E-state index contributed by atoms with van der Waals surface area (Å²) in [6, 6.07) is 27.6. The largest absolute Gasteiger partial charge is 0.497 e. The second kappa shape index (κ2) is 17.0. The van der Waals surface area contributed by atoms with Crippen molar-refractivity contribution < 1.29 is 14.3 Å². The van der Waals surface area contributed by atoms with Crippen LogP contribution in [0.4, 0.5) is 0 Å². The van der Waals surface area contributed by atoms with Gasteiger partial charge in [-0.25, -0.2) is 4.98 Å². The number of aryl methyl sites for hydroxylation is 4. The molecule has 260 valence electrons. The number of methoxy groups -OCH3 is 1. The maximum Gasteiger partial charge on any atom is 0.306 e. The number of pyridine rings is 3. The van der Waals surface area contributed by atoms with Gasteiger partial charge in [-0.05, 0) is 123 Å². The Bertz CT molecular complexity index is 2020. The monoisotopic (exact) mass is 679 g/mol. The first-order valence-corrected chi connectivity index (χ1v) is 17.9. The van der Waals surface area contributed by atoms with Crippen LogP contribution >= 0.6 is 0 Å². The lowest BCUT2D eigenvalue weighted by Crippen LogP contribution is -2.24. The number of hydrogen-bond donors (Lipinski definition) is 0. The molecule has 8 heteroatoms. The molecule has 0 saturated heterocycles. The van der Waals surface area contributed by atoms with E-state index in [0.717, 1.165) is 85.6 Å². The Hall–Kier alpha value is -5.39. The Kier molecular flexibility index (Phi) is 11.8. The highest BCUT2D eigenvalue weighted by Gasteiger charge is 2.21. The van der Waals surface area contributed by atoms with Crippen LogP contribution in [0.25, 0.3) is 22.5 Å². The zero-order valence-corrected chi connectivity index (χ0v) is 29.8. The van der Waals surface area contributed by atoms with Gasteiger partial charge in [0.15, 0.2) is 0 Å². The molecule has 0 unspecified atom stereocenters. The Morgan fingerprint density at radius 3 is 2.51 bits per heavy atom. The highest BCUT2D eigenvalue weighted by atomic mass is 16.5. The lowest BCUT2D eigenvalue weighted by atomic mass is 9.98. The minimum Gasteiger partial charge on any atom is -0.497 e. The van der Waals surface area contributed by atoms with Crippen molar-refractivity contribution in [1.29, 1.82) is 5.26 Å². The van der Waals surface area contributed by atoms with Gasteiger partial charge in [0.1, 0.15) is 17.5 Å². The van der Waals surface area contributed by atoms with Gasteiger partial charge in [-0.1, -0.05) is 42.5 Å². The Labute approximate surface area is 301 Å². The van der Waals surface area contributed by atoms with Crippen molar-refractivity contribution in [2.24, 2.45) is 0 Å². The normalized spacial score (nSPS) is 12.1. The maximum absolute atomic E-state index is 11.9. The van der Waals surface area contributed by atoms with Crippen molar-refractivity contribution in [1.82, 2.24) is 19.9 Å². The van der Waals surface area contributed by atoms with Gasteiger partial charge in [-0.15, -0.1) is 0 Å². The predicted molar refractivity (Wildman–Crippen MR) is 199 cm³/mol. The summed E-state index contributed by atoms with van der Waals surface area (Å²) in [5.74, 6) is 0.628. The molecular formula is C43H45N5O3. The second-order valence-corrected chi connectivity index (χ2v) is 13.2. The molecule has 5 aromatic rings. The topological polar surface area (TPSA) is 101 Å². The van der Waals surface area contributed by atoms with E-state index in [4.69, 9.17) is 19.4 Å². The van der Waals surface area contributed by atoms with Gasteiger partial charge in [-0.2, -0.15) is 5.26 Å². The summed E-state index contributed by atoms with van der Waals surface area (Å²) < 4.78 is 10.6. The number of benzene rings is 2. The first-order valence-electron chi connectivity index (χ1n) is 17.9. The van der Waals surface area contributed by atoms with E-state index < -0.39 is 0 Å². The number of ether oxygens (including phenoxy) is 2. The molecule has 3 heterocycles. The summed E-state index contributed by atoms with van der Waals surface area (Å²) in [4.78, 5) is 29.0. The van der Waals surface area contributed by atoms with E-state index in [9.17, 15) is 10.1 Å². The molecule has 6 rings (SSSR count). The minimum absolute atomic E-state index is 0.248. The summed E-state index contributed by atoms with van der Waals surface area (Å²) in [7, 11) is 1.71. The zero-order valence-electron chi connectivity index (χ0n) is 29.8. The first kappa shape index (κ1) is 35.4. The van der Waals surface area contributed by atoms with Crippen LogP contribution < -0.4 is 4.74 Å². The van der Waals surface area contributed by atoms with Gasteiger partial charge in [0.05, 0.1) is 25.1 Å². The number of nitriles is 1. The van der Waals surface area contributed by atoms with Crippen LogP contribution in [0, 0.1) is 18.3 Å². The molecule has 0 N–H and O–H groups in total. The Morgan fingerprint density at radius 1 is 0.902 bits per heavy atom. The number of rotatable bonds is 15. The SMILES string of the molecule is CCOC(=O)CCc1cnc(C#N)c(-c2ncc(-c3nc(CCCN(Cc4ccccc4)Cc4cccc(OC)c4)cc4c3CCC4)cc2C)c1. The van der Waals surface area contributed by atoms with E-state index in [0.29, 0.717) is 30.0 Å². The van der Waals surface area contributed by atoms with Crippen LogP contribution in [0.1, 0.15) is 71.0 Å². The number of aromatic nitrogens is 3. The average molecular weight is 680 g/mol. The summed E-state index contributed by atoms with van der Waals surface area (Å²) in [6.07, 6.45) is 9.34. The van der Waals surface area contributed by atoms with Gasteiger partial charge in [-0.3, -0.25) is 19.7 Å². The van der Waals surface area contributed by atoms with Crippen molar-refractivity contribution >= 4 is 5.97 Å². The molecular weight excluding hydrogens is 635 g/mol. The number of esters is 1. The van der Waals surface area contributed by atoms with Crippen LogP contribution in [0.3, 0.4) is 0 Å². The smallest absolute Gasteiger partial charge is 0.306 e. The van der Waals surface area contributed by atoms with Crippen molar-refractivity contribution in [3.8, 4) is 34.3 Å².